The number of halogens is 2. The maximum Gasteiger partial charge on any atom is 0.253 e. The second-order valence-electron chi connectivity index (χ2n) is 7.11. The van der Waals surface area contributed by atoms with Crippen LogP contribution in [0, 0.1) is 11.6 Å². The van der Waals surface area contributed by atoms with Crippen molar-refractivity contribution in [2.24, 2.45) is 5.11 Å². The number of anilines is 1. The van der Waals surface area contributed by atoms with Crippen LogP contribution < -0.4 is 4.90 Å². The number of hydrogen-bond donors (Lipinski definition) is 0. The molecule has 0 unspecified atom stereocenters. The normalized spacial score (nSPS) is 14.4. The van der Waals surface area contributed by atoms with Crippen LogP contribution in [0.4, 0.5) is 20.2 Å². The number of carbonyl (C=O) groups is 1. The Bertz CT molecular complexity index is 927. The Balaban J connectivity index is 1.65. The zero-order chi connectivity index (χ0) is 21.0. The van der Waals surface area contributed by atoms with Gasteiger partial charge in [-0.2, -0.15) is 0 Å². The van der Waals surface area contributed by atoms with E-state index in [0.29, 0.717) is 38.3 Å². The highest BCUT2D eigenvalue weighted by atomic mass is 19.1. The highest BCUT2D eigenvalue weighted by Crippen LogP contribution is 2.29. The largest absolute Gasteiger partial charge is 0.364 e. The zero-order valence-corrected chi connectivity index (χ0v) is 16.3. The lowest BCUT2D eigenvalue weighted by atomic mass is 10.1. The first-order valence-corrected chi connectivity index (χ1v) is 9.21. The summed E-state index contributed by atoms with van der Waals surface area (Å²) in [6.45, 7) is 2.84. The molecule has 0 radical (unpaired) electrons. The fraction of sp³-hybridized carbons (Fsp3) is 0.350. The highest BCUT2D eigenvalue weighted by Gasteiger charge is 2.23. The van der Waals surface area contributed by atoms with Gasteiger partial charge in [0.1, 0.15) is 17.3 Å². The van der Waals surface area contributed by atoms with Crippen molar-refractivity contribution in [3.63, 3.8) is 0 Å². The molecular formula is C20H22F2N6O. The van der Waals surface area contributed by atoms with Gasteiger partial charge < -0.3 is 9.80 Å². The van der Waals surface area contributed by atoms with Gasteiger partial charge in [0.2, 0.25) is 0 Å². The van der Waals surface area contributed by atoms with Crippen LogP contribution in [0.15, 0.2) is 41.5 Å². The summed E-state index contributed by atoms with van der Waals surface area (Å²) in [5.74, 6) is -1.53. The zero-order valence-electron chi connectivity index (χ0n) is 16.3. The molecule has 7 nitrogen and oxygen atoms in total. The monoisotopic (exact) mass is 400 g/mol. The SMILES string of the molecule is CN(C)C(=O)c1cccc(CN2CCN(c3c(F)cc(N=[N+]=[N-])cc3F)CC2)c1. The van der Waals surface area contributed by atoms with Crippen molar-refractivity contribution in [3.05, 3.63) is 69.6 Å². The van der Waals surface area contributed by atoms with Crippen LogP contribution in [-0.2, 0) is 6.54 Å². The summed E-state index contributed by atoms with van der Waals surface area (Å²) in [6, 6.07) is 9.57. The van der Waals surface area contributed by atoms with E-state index < -0.39 is 11.6 Å². The molecule has 0 spiro atoms. The highest BCUT2D eigenvalue weighted by molar-refractivity contribution is 5.94. The summed E-state index contributed by atoms with van der Waals surface area (Å²) < 4.78 is 28.7. The van der Waals surface area contributed by atoms with Crippen LogP contribution in [-0.4, -0.2) is 56.0 Å². The number of nitrogens with zero attached hydrogens (tertiary/aromatic N) is 6. The van der Waals surface area contributed by atoms with Gasteiger partial charge in [-0.05, 0) is 35.4 Å². The molecule has 1 aliphatic heterocycles. The van der Waals surface area contributed by atoms with Gasteiger partial charge in [0.05, 0.1) is 0 Å². The molecule has 0 N–H and O–H groups in total. The first-order chi connectivity index (χ1) is 13.9. The van der Waals surface area contributed by atoms with Gasteiger partial charge in [0, 0.05) is 63.0 Å². The fourth-order valence-corrected chi connectivity index (χ4v) is 3.41. The molecule has 1 saturated heterocycles. The van der Waals surface area contributed by atoms with Crippen LogP contribution >= 0.6 is 0 Å². The summed E-state index contributed by atoms with van der Waals surface area (Å²) in [7, 11) is 3.43. The van der Waals surface area contributed by atoms with Crippen LogP contribution in [0.25, 0.3) is 10.4 Å². The van der Waals surface area contributed by atoms with E-state index in [1.807, 2.05) is 18.2 Å². The number of piperazine rings is 1. The van der Waals surface area contributed by atoms with E-state index in [-0.39, 0.29) is 17.3 Å². The average molecular weight is 400 g/mol. The summed E-state index contributed by atoms with van der Waals surface area (Å²) >= 11 is 0. The lowest BCUT2D eigenvalue weighted by molar-refractivity contribution is 0.0827. The van der Waals surface area contributed by atoms with E-state index in [1.54, 1.807) is 25.1 Å². The third kappa shape index (κ3) is 4.82. The van der Waals surface area contributed by atoms with Crippen LogP contribution in [0.1, 0.15) is 15.9 Å². The molecule has 0 saturated carbocycles. The molecular weight excluding hydrogens is 378 g/mol. The van der Waals surface area contributed by atoms with Crippen molar-refractivity contribution in [3.8, 4) is 0 Å². The molecule has 0 bridgehead atoms. The predicted molar refractivity (Wildman–Crippen MR) is 107 cm³/mol. The Labute approximate surface area is 167 Å². The maximum absolute atomic E-state index is 14.3. The molecule has 0 aliphatic carbocycles. The van der Waals surface area contributed by atoms with Gasteiger partial charge in [-0.3, -0.25) is 9.69 Å². The Kier molecular flexibility index (Phi) is 6.31. The fourth-order valence-electron chi connectivity index (χ4n) is 3.41. The Morgan fingerprint density at radius 1 is 1.14 bits per heavy atom. The quantitative estimate of drug-likeness (QED) is 0.434. The van der Waals surface area contributed by atoms with Gasteiger partial charge in [0.15, 0.2) is 0 Å². The maximum atomic E-state index is 14.3. The second kappa shape index (κ2) is 8.89. The van der Waals surface area contributed by atoms with Crippen LogP contribution in [0.3, 0.4) is 0 Å². The lowest BCUT2D eigenvalue weighted by Gasteiger charge is -2.36. The van der Waals surface area contributed by atoms with E-state index in [1.165, 1.54) is 4.90 Å². The van der Waals surface area contributed by atoms with Crippen molar-refractivity contribution in [2.75, 3.05) is 45.2 Å². The Morgan fingerprint density at radius 2 is 1.79 bits per heavy atom. The average Bonchev–Trinajstić information content (AvgIpc) is 2.68. The molecule has 1 amide bonds. The van der Waals surface area contributed by atoms with Gasteiger partial charge in [-0.1, -0.05) is 17.2 Å². The van der Waals surface area contributed by atoms with E-state index in [9.17, 15) is 13.6 Å². The molecule has 1 heterocycles. The molecule has 0 aromatic heterocycles. The summed E-state index contributed by atoms with van der Waals surface area (Å²) in [5.41, 5.74) is 9.89. The third-order valence-electron chi connectivity index (χ3n) is 4.84. The van der Waals surface area contributed by atoms with Gasteiger partial charge in [-0.15, -0.1) is 0 Å². The lowest BCUT2D eigenvalue weighted by Crippen LogP contribution is -2.46. The van der Waals surface area contributed by atoms with Gasteiger partial charge in [-0.25, -0.2) is 8.78 Å². The minimum atomic E-state index is -0.740. The van der Waals surface area contributed by atoms with Crippen molar-refractivity contribution in [1.29, 1.82) is 0 Å². The number of carbonyl (C=O) groups excluding carboxylic acids is 1. The number of hydrogen-bond acceptors (Lipinski definition) is 4. The van der Waals surface area contributed by atoms with Gasteiger partial charge >= 0.3 is 0 Å². The van der Waals surface area contributed by atoms with E-state index in [2.05, 4.69) is 14.9 Å². The molecule has 2 aromatic rings. The number of rotatable bonds is 5. The Morgan fingerprint density at radius 3 is 2.38 bits per heavy atom. The molecule has 3 rings (SSSR count). The molecule has 2 aromatic carbocycles. The van der Waals surface area contributed by atoms with Crippen molar-refractivity contribution < 1.29 is 13.6 Å². The first kappa shape index (κ1) is 20.6. The molecule has 9 heteroatoms. The number of azide groups is 1. The Hall–Kier alpha value is -3.16. The smallest absolute Gasteiger partial charge is 0.253 e. The van der Waals surface area contributed by atoms with Gasteiger partial charge in [0.25, 0.3) is 5.91 Å². The van der Waals surface area contributed by atoms with Crippen molar-refractivity contribution in [1.82, 2.24) is 9.80 Å². The summed E-state index contributed by atoms with van der Waals surface area (Å²) in [6.07, 6.45) is 0. The van der Waals surface area contributed by atoms with Crippen molar-refractivity contribution in [2.45, 2.75) is 6.54 Å². The number of benzene rings is 2. The minimum Gasteiger partial charge on any atom is -0.364 e. The molecule has 29 heavy (non-hydrogen) atoms. The van der Waals surface area contributed by atoms with Crippen molar-refractivity contribution >= 4 is 17.3 Å². The topological polar surface area (TPSA) is 75.6 Å². The third-order valence-corrected chi connectivity index (χ3v) is 4.84. The van der Waals surface area contributed by atoms with E-state index in [4.69, 9.17) is 5.53 Å². The predicted octanol–water partition coefficient (Wildman–Crippen LogP) is 3.93. The molecule has 152 valence electrons. The molecule has 1 aliphatic rings. The first-order valence-electron chi connectivity index (χ1n) is 9.21. The number of amides is 1. The van der Waals surface area contributed by atoms with Crippen LogP contribution in [0.2, 0.25) is 0 Å². The standard InChI is InChI=1S/C20H22F2N6O/c1-26(2)20(29)15-5-3-4-14(10-15)13-27-6-8-28(9-7-27)19-17(21)11-16(24-25-23)12-18(19)22/h3-5,10-12H,6-9,13H2,1-2H3. The molecule has 1 fully saturated rings. The van der Waals surface area contributed by atoms with E-state index in [0.717, 1.165) is 17.7 Å². The molecule has 0 atom stereocenters. The summed E-state index contributed by atoms with van der Waals surface area (Å²) in [5, 5.41) is 3.25. The summed E-state index contributed by atoms with van der Waals surface area (Å²) in [4.78, 5) is 20.1. The second-order valence-corrected chi connectivity index (χ2v) is 7.11. The van der Waals surface area contributed by atoms with Crippen LogP contribution in [0.5, 0.6) is 0 Å². The minimum absolute atomic E-state index is 0.0493. The van der Waals surface area contributed by atoms with E-state index >= 15 is 0 Å².